The molecule has 72 valence electrons. The second kappa shape index (κ2) is 4.48. The Morgan fingerprint density at radius 2 is 2.38 bits per heavy atom. The molecule has 0 atom stereocenters. The summed E-state index contributed by atoms with van der Waals surface area (Å²) >= 11 is 1.63. The van der Waals surface area contributed by atoms with Crippen LogP contribution in [0.15, 0.2) is 5.10 Å². The molecule has 0 amide bonds. The van der Waals surface area contributed by atoms with Gasteiger partial charge in [-0.2, -0.15) is 0 Å². The second-order valence-electron chi connectivity index (χ2n) is 2.63. The van der Waals surface area contributed by atoms with Crippen LogP contribution in [0.3, 0.4) is 0 Å². The van der Waals surface area contributed by atoms with Gasteiger partial charge in [-0.05, 0) is 11.8 Å². The Labute approximate surface area is 80.6 Å². The van der Waals surface area contributed by atoms with E-state index in [4.69, 9.17) is 9.47 Å². The number of hydrogen-bond acceptors (Lipinski definition) is 5. The Balaban J connectivity index is 1.90. The molecule has 6 heteroatoms. The zero-order valence-electron chi connectivity index (χ0n) is 7.21. The van der Waals surface area contributed by atoms with E-state index in [1.165, 1.54) is 0 Å². The maximum Gasteiger partial charge on any atom is 0.429 e. The third-order valence-corrected chi connectivity index (χ3v) is 2.49. The summed E-state index contributed by atoms with van der Waals surface area (Å²) in [6.07, 6.45) is 0. The van der Waals surface area contributed by atoms with Crippen LogP contribution in [0.2, 0.25) is 0 Å². The van der Waals surface area contributed by atoms with Gasteiger partial charge in [0.25, 0.3) is 5.90 Å². The number of hydrazone groups is 1. The van der Waals surface area contributed by atoms with Crippen LogP contribution < -0.4 is 10.4 Å². The summed E-state index contributed by atoms with van der Waals surface area (Å²) in [5.74, 6) is 1.68. The summed E-state index contributed by atoms with van der Waals surface area (Å²) in [6, 6.07) is 0. The molecule has 0 radical (unpaired) electrons. The molecular weight excluding hydrogens is 190 g/mol. The highest BCUT2D eigenvalue weighted by Crippen LogP contribution is 2.07. The quantitative estimate of drug-likeness (QED) is 0.489. The number of hydrogen-bond donors (Lipinski definition) is 2. The average Bonchev–Trinajstić information content (AvgIpc) is 2.69. The van der Waals surface area contributed by atoms with Gasteiger partial charge in [0.2, 0.25) is 0 Å². The molecule has 0 unspecified atom stereocenters. The van der Waals surface area contributed by atoms with Gasteiger partial charge in [-0.25, -0.2) is 0 Å². The topological polar surface area (TPSA) is 56.8 Å². The molecule has 0 spiro atoms. The van der Waals surface area contributed by atoms with Crippen LogP contribution in [0.1, 0.15) is 0 Å². The van der Waals surface area contributed by atoms with Crippen molar-refractivity contribution in [1.82, 2.24) is 5.32 Å². The molecule has 0 aliphatic carbocycles. The van der Waals surface area contributed by atoms with Crippen molar-refractivity contribution in [3.63, 3.8) is 0 Å². The van der Waals surface area contributed by atoms with Gasteiger partial charge in [0.05, 0.1) is 6.54 Å². The zero-order chi connectivity index (χ0) is 8.93. The smallest absolute Gasteiger partial charge is 0.429 e. The van der Waals surface area contributed by atoms with Gasteiger partial charge in [0.15, 0.2) is 0 Å². The van der Waals surface area contributed by atoms with Crippen molar-refractivity contribution in [2.45, 2.75) is 0 Å². The first-order chi connectivity index (χ1) is 6.45. The highest BCUT2D eigenvalue weighted by Gasteiger charge is 2.17. The van der Waals surface area contributed by atoms with Crippen LogP contribution in [0.5, 0.6) is 0 Å². The lowest BCUT2D eigenvalue weighted by Crippen LogP contribution is -2.67. The molecule has 2 fully saturated rings. The van der Waals surface area contributed by atoms with Gasteiger partial charge in [-0.1, -0.05) is 5.10 Å². The van der Waals surface area contributed by atoms with Crippen LogP contribution in [0.25, 0.3) is 0 Å². The molecule has 5 nitrogen and oxygen atoms in total. The van der Waals surface area contributed by atoms with Crippen molar-refractivity contribution in [2.24, 2.45) is 5.10 Å². The normalized spacial score (nSPS) is 28.9. The van der Waals surface area contributed by atoms with Crippen molar-refractivity contribution in [3.05, 3.63) is 0 Å². The maximum absolute atomic E-state index is 5.28. The molecule has 0 aromatic rings. The van der Waals surface area contributed by atoms with Crippen molar-refractivity contribution in [1.29, 1.82) is 0 Å². The molecule has 0 saturated carbocycles. The average molecular weight is 202 g/mol. The van der Waals surface area contributed by atoms with Gasteiger partial charge < -0.3 is 14.8 Å². The van der Waals surface area contributed by atoms with E-state index < -0.39 is 0 Å². The Morgan fingerprint density at radius 1 is 1.38 bits per heavy atom. The van der Waals surface area contributed by atoms with Crippen LogP contribution in [0.4, 0.5) is 0 Å². The highest BCUT2D eigenvalue weighted by atomic mass is 32.2. The molecule has 2 rings (SSSR count). The fourth-order valence-corrected chi connectivity index (χ4v) is 1.67. The molecular formula is C7H12N3O2S+. The zero-order valence-corrected chi connectivity index (χ0v) is 8.02. The minimum Gasteiger partial charge on any atom is -0.475 e. The lowest BCUT2D eigenvalue weighted by molar-refractivity contribution is -0.469. The SMILES string of the molecule is C1COC(=N[NH+]=C2OCCS2)CN1. The van der Waals surface area contributed by atoms with Gasteiger partial charge in [-0.15, -0.1) is 0 Å². The summed E-state index contributed by atoms with van der Waals surface area (Å²) in [6.45, 7) is 3.02. The summed E-state index contributed by atoms with van der Waals surface area (Å²) in [7, 11) is 0. The standard InChI is InChI=1S/C7H11N3O2S/c1-2-11-6(5-8-1)9-10-7-12-3-4-13-7/h8H,1-5H2/p+1. The predicted molar refractivity (Wildman–Crippen MR) is 50.6 cm³/mol. The maximum atomic E-state index is 5.28. The highest BCUT2D eigenvalue weighted by molar-refractivity contribution is 8.13. The molecule has 2 N–H and O–H groups in total. The predicted octanol–water partition coefficient (Wildman–Crippen LogP) is -1.88. The number of nitrogens with one attached hydrogen (secondary N) is 2. The van der Waals surface area contributed by atoms with Crippen LogP contribution in [0, 0.1) is 0 Å². The molecule has 0 bridgehead atoms. The Bertz CT molecular complexity index is 226. The first-order valence-corrected chi connectivity index (χ1v) is 5.22. The number of nitrogens with zero attached hydrogens (tertiary/aromatic N) is 1. The summed E-state index contributed by atoms with van der Waals surface area (Å²) in [5.41, 5.74) is 0. The number of ether oxygens (including phenoxy) is 2. The third kappa shape index (κ3) is 2.60. The minimum atomic E-state index is 0.684. The fourth-order valence-electron chi connectivity index (χ4n) is 1.04. The molecule has 2 heterocycles. The van der Waals surface area contributed by atoms with E-state index in [-0.39, 0.29) is 0 Å². The monoisotopic (exact) mass is 202 g/mol. The van der Waals surface area contributed by atoms with Crippen LogP contribution in [-0.2, 0) is 9.47 Å². The Kier molecular flexibility index (Phi) is 3.04. The third-order valence-electron chi connectivity index (χ3n) is 1.65. The lowest BCUT2D eigenvalue weighted by atomic mass is 10.5. The van der Waals surface area contributed by atoms with Gasteiger partial charge in [0, 0.05) is 17.4 Å². The van der Waals surface area contributed by atoms with E-state index in [9.17, 15) is 0 Å². The number of morpholine rings is 1. The molecule has 0 aromatic heterocycles. The molecule has 2 aliphatic rings. The van der Waals surface area contributed by atoms with Crippen LogP contribution >= 0.6 is 11.8 Å². The van der Waals surface area contributed by atoms with Crippen molar-refractivity contribution in [2.75, 3.05) is 32.1 Å². The summed E-state index contributed by atoms with van der Waals surface area (Å²) in [4.78, 5) is 0. The Morgan fingerprint density at radius 3 is 3.08 bits per heavy atom. The van der Waals surface area contributed by atoms with Crippen LogP contribution in [-0.4, -0.2) is 43.2 Å². The first kappa shape index (κ1) is 8.83. The largest absolute Gasteiger partial charge is 0.475 e. The Hall–Kier alpha value is -0.750. The molecule has 2 saturated heterocycles. The van der Waals surface area contributed by atoms with Crippen molar-refractivity contribution >= 4 is 22.9 Å². The molecule has 13 heavy (non-hydrogen) atoms. The van der Waals surface area contributed by atoms with E-state index >= 15 is 0 Å². The van der Waals surface area contributed by atoms with Crippen molar-refractivity contribution in [3.8, 4) is 0 Å². The van der Waals surface area contributed by atoms with E-state index in [1.807, 2.05) is 0 Å². The number of thioether (sulfide) groups is 1. The fraction of sp³-hybridized carbons (Fsp3) is 0.714. The van der Waals surface area contributed by atoms with Gasteiger partial charge in [-0.3, -0.25) is 0 Å². The first-order valence-electron chi connectivity index (χ1n) is 4.24. The van der Waals surface area contributed by atoms with Gasteiger partial charge >= 0.3 is 5.23 Å². The molecule has 0 aromatic carbocycles. The summed E-state index contributed by atoms with van der Waals surface area (Å²) in [5, 5.41) is 10.8. The summed E-state index contributed by atoms with van der Waals surface area (Å²) < 4.78 is 10.5. The van der Waals surface area contributed by atoms with E-state index in [2.05, 4.69) is 15.5 Å². The second-order valence-corrected chi connectivity index (χ2v) is 3.69. The van der Waals surface area contributed by atoms with Gasteiger partial charge in [0.1, 0.15) is 13.2 Å². The molecule has 2 aliphatic heterocycles. The van der Waals surface area contributed by atoms with E-state index in [0.29, 0.717) is 19.0 Å². The minimum absolute atomic E-state index is 0.684. The van der Waals surface area contributed by atoms with E-state index in [1.54, 1.807) is 11.8 Å². The van der Waals surface area contributed by atoms with Crippen molar-refractivity contribution < 1.29 is 14.6 Å². The van der Waals surface area contributed by atoms with E-state index in [0.717, 1.165) is 24.1 Å². The lowest BCUT2D eigenvalue weighted by Gasteiger charge is -2.12. The number of rotatable bonds is 1.